The maximum atomic E-state index is 9.53. The molecule has 0 aliphatic carbocycles. The van der Waals surface area contributed by atoms with Gasteiger partial charge in [0, 0.05) is 22.9 Å². The molecule has 15 heavy (non-hydrogen) atoms. The van der Waals surface area contributed by atoms with Gasteiger partial charge in [0.1, 0.15) is 0 Å². The molecule has 3 N–H and O–H groups in total. The van der Waals surface area contributed by atoms with E-state index in [2.05, 4.69) is 0 Å². The van der Waals surface area contributed by atoms with E-state index in [4.69, 9.17) is 10.5 Å². The lowest BCUT2D eigenvalue weighted by atomic mass is 10.3. The second-order valence-corrected chi connectivity index (χ2v) is 4.29. The predicted molar refractivity (Wildman–Crippen MR) is 64.1 cm³/mol. The average molecular weight is 227 g/mol. The van der Waals surface area contributed by atoms with E-state index in [-0.39, 0.29) is 0 Å². The summed E-state index contributed by atoms with van der Waals surface area (Å²) in [5.74, 6) is 0.643. The number of ether oxygens (including phenoxy) is 1. The highest BCUT2D eigenvalue weighted by Crippen LogP contribution is 2.19. The van der Waals surface area contributed by atoms with Crippen molar-refractivity contribution in [2.24, 2.45) is 0 Å². The first kappa shape index (κ1) is 12.4. The van der Waals surface area contributed by atoms with Gasteiger partial charge >= 0.3 is 0 Å². The van der Waals surface area contributed by atoms with Crippen LogP contribution in [-0.4, -0.2) is 30.2 Å². The molecule has 0 aliphatic heterocycles. The van der Waals surface area contributed by atoms with Crippen LogP contribution in [0.25, 0.3) is 0 Å². The number of aliphatic hydroxyl groups is 1. The van der Waals surface area contributed by atoms with Crippen molar-refractivity contribution in [3.63, 3.8) is 0 Å². The Morgan fingerprint density at radius 3 is 2.67 bits per heavy atom. The predicted octanol–water partition coefficient (Wildman–Crippen LogP) is 1.76. The molecule has 0 spiro atoms. The quantitative estimate of drug-likeness (QED) is 0.574. The summed E-state index contributed by atoms with van der Waals surface area (Å²) in [4.78, 5) is 1.11. The van der Waals surface area contributed by atoms with E-state index in [0.29, 0.717) is 19.0 Å². The summed E-state index contributed by atoms with van der Waals surface area (Å²) in [6.07, 6.45) is -0.410. The summed E-state index contributed by atoms with van der Waals surface area (Å²) < 4.78 is 5.12. The molecule has 4 heteroatoms. The average Bonchev–Trinajstić information content (AvgIpc) is 2.25. The van der Waals surface area contributed by atoms with Gasteiger partial charge in [-0.05, 0) is 31.2 Å². The first-order chi connectivity index (χ1) is 7.22. The Labute approximate surface area is 94.6 Å². The summed E-state index contributed by atoms with van der Waals surface area (Å²) in [6.45, 7) is 2.96. The molecule has 0 bridgehead atoms. The largest absolute Gasteiger partial charge is 0.399 e. The van der Waals surface area contributed by atoms with Gasteiger partial charge in [0.05, 0.1) is 12.7 Å². The molecule has 1 unspecified atom stereocenters. The summed E-state index contributed by atoms with van der Waals surface area (Å²) in [6, 6.07) is 7.62. The smallest absolute Gasteiger partial charge is 0.0867 e. The maximum absolute atomic E-state index is 9.53. The van der Waals surface area contributed by atoms with Crippen LogP contribution in [0.2, 0.25) is 0 Å². The molecular formula is C11H17NO2S. The number of thioether (sulfide) groups is 1. The Kier molecular flexibility index (Phi) is 5.53. The van der Waals surface area contributed by atoms with Gasteiger partial charge in [-0.25, -0.2) is 0 Å². The summed E-state index contributed by atoms with van der Waals surface area (Å²) >= 11 is 1.60. The molecule has 0 saturated heterocycles. The van der Waals surface area contributed by atoms with E-state index in [1.54, 1.807) is 11.8 Å². The van der Waals surface area contributed by atoms with Gasteiger partial charge in [0.15, 0.2) is 0 Å². The monoisotopic (exact) mass is 227 g/mol. The van der Waals surface area contributed by atoms with Crippen LogP contribution < -0.4 is 5.73 Å². The number of nitrogens with two attached hydrogens (primary N) is 1. The molecule has 0 amide bonds. The number of anilines is 1. The van der Waals surface area contributed by atoms with E-state index in [1.165, 1.54) is 0 Å². The minimum atomic E-state index is -0.410. The minimum Gasteiger partial charge on any atom is -0.399 e. The van der Waals surface area contributed by atoms with E-state index < -0.39 is 6.10 Å². The van der Waals surface area contributed by atoms with Gasteiger partial charge in [-0.15, -0.1) is 11.8 Å². The third kappa shape index (κ3) is 5.06. The van der Waals surface area contributed by atoms with Crippen LogP contribution in [0.1, 0.15) is 6.92 Å². The van der Waals surface area contributed by atoms with Crippen molar-refractivity contribution in [3.05, 3.63) is 24.3 Å². The Morgan fingerprint density at radius 1 is 1.40 bits per heavy atom. The zero-order valence-electron chi connectivity index (χ0n) is 8.85. The number of benzene rings is 1. The van der Waals surface area contributed by atoms with Gasteiger partial charge in [-0.3, -0.25) is 0 Å². The minimum absolute atomic E-state index is 0.401. The maximum Gasteiger partial charge on any atom is 0.0867 e. The topological polar surface area (TPSA) is 55.5 Å². The highest BCUT2D eigenvalue weighted by molar-refractivity contribution is 7.99. The Bertz CT molecular complexity index is 276. The standard InChI is InChI=1S/C11H17NO2S/c1-2-14-7-10(13)8-15-11-5-3-9(12)4-6-11/h3-6,10,13H,2,7-8,12H2,1H3. The van der Waals surface area contributed by atoms with Crippen LogP contribution in [0.3, 0.4) is 0 Å². The summed E-state index contributed by atoms with van der Waals surface area (Å²) in [5, 5.41) is 9.53. The van der Waals surface area contributed by atoms with Crippen LogP contribution in [0.5, 0.6) is 0 Å². The van der Waals surface area contributed by atoms with Gasteiger partial charge in [-0.2, -0.15) is 0 Å². The third-order valence-electron chi connectivity index (χ3n) is 1.84. The van der Waals surface area contributed by atoms with Crippen molar-refractivity contribution < 1.29 is 9.84 Å². The Balaban J connectivity index is 2.27. The van der Waals surface area contributed by atoms with Gasteiger partial charge in [0.25, 0.3) is 0 Å². The second-order valence-electron chi connectivity index (χ2n) is 3.19. The van der Waals surface area contributed by atoms with E-state index in [0.717, 1.165) is 10.6 Å². The lowest BCUT2D eigenvalue weighted by Gasteiger charge is -2.09. The molecular weight excluding hydrogens is 210 g/mol. The highest BCUT2D eigenvalue weighted by Gasteiger charge is 2.04. The molecule has 0 aliphatic rings. The number of aliphatic hydroxyl groups excluding tert-OH is 1. The fourth-order valence-electron chi connectivity index (χ4n) is 1.06. The molecule has 1 rings (SSSR count). The van der Waals surface area contributed by atoms with Crippen molar-refractivity contribution in [3.8, 4) is 0 Å². The molecule has 0 aromatic heterocycles. The number of nitrogen functional groups attached to an aromatic ring is 1. The van der Waals surface area contributed by atoms with Crippen LogP contribution in [-0.2, 0) is 4.74 Å². The summed E-state index contributed by atoms with van der Waals surface area (Å²) in [7, 11) is 0. The molecule has 1 aromatic rings. The fraction of sp³-hybridized carbons (Fsp3) is 0.455. The van der Waals surface area contributed by atoms with Crippen LogP contribution in [0, 0.1) is 0 Å². The lowest BCUT2D eigenvalue weighted by molar-refractivity contribution is 0.0551. The van der Waals surface area contributed by atoms with Crippen molar-refractivity contribution >= 4 is 17.4 Å². The number of rotatable bonds is 6. The SMILES string of the molecule is CCOCC(O)CSc1ccc(N)cc1. The molecule has 0 saturated carbocycles. The zero-order valence-corrected chi connectivity index (χ0v) is 9.67. The van der Waals surface area contributed by atoms with Gasteiger partial charge < -0.3 is 15.6 Å². The van der Waals surface area contributed by atoms with Crippen molar-refractivity contribution in [1.29, 1.82) is 0 Å². The van der Waals surface area contributed by atoms with Crippen molar-refractivity contribution in [2.75, 3.05) is 24.7 Å². The van der Waals surface area contributed by atoms with Crippen LogP contribution >= 0.6 is 11.8 Å². The molecule has 0 radical (unpaired) electrons. The number of hydrogen-bond donors (Lipinski definition) is 2. The lowest BCUT2D eigenvalue weighted by Crippen LogP contribution is -2.17. The van der Waals surface area contributed by atoms with Gasteiger partial charge in [-0.1, -0.05) is 0 Å². The van der Waals surface area contributed by atoms with E-state index in [9.17, 15) is 5.11 Å². The van der Waals surface area contributed by atoms with Crippen LogP contribution in [0.15, 0.2) is 29.2 Å². The first-order valence-electron chi connectivity index (χ1n) is 4.96. The molecule has 1 atom stereocenters. The third-order valence-corrected chi connectivity index (χ3v) is 2.99. The highest BCUT2D eigenvalue weighted by atomic mass is 32.2. The molecule has 0 heterocycles. The molecule has 3 nitrogen and oxygen atoms in total. The summed E-state index contributed by atoms with van der Waals surface area (Å²) in [5.41, 5.74) is 6.33. The fourth-order valence-corrected chi connectivity index (χ4v) is 1.87. The zero-order chi connectivity index (χ0) is 11.1. The van der Waals surface area contributed by atoms with Crippen LogP contribution in [0.4, 0.5) is 5.69 Å². The molecule has 0 fully saturated rings. The first-order valence-corrected chi connectivity index (χ1v) is 5.95. The van der Waals surface area contributed by atoms with Crippen molar-refractivity contribution in [2.45, 2.75) is 17.9 Å². The van der Waals surface area contributed by atoms with Gasteiger partial charge in [0.2, 0.25) is 0 Å². The molecule has 1 aromatic carbocycles. The Hall–Kier alpha value is -0.710. The van der Waals surface area contributed by atoms with E-state index in [1.807, 2.05) is 31.2 Å². The second kappa shape index (κ2) is 6.71. The van der Waals surface area contributed by atoms with E-state index >= 15 is 0 Å². The van der Waals surface area contributed by atoms with Crippen molar-refractivity contribution in [1.82, 2.24) is 0 Å². The Morgan fingerprint density at radius 2 is 2.07 bits per heavy atom. The number of hydrogen-bond acceptors (Lipinski definition) is 4. The molecule has 84 valence electrons. The normalized spacial score (nSPS) is 12.7.